The second-order valence-electron chi connectivity index (χ2n) is 5.60. The van der Waals surface area contributed by atoms with Gasteiger partial charge < -0.3 is 9.64 Å². The van der Waals surface area contributed by atoms with Gasteiger partial charge >= 0.3 is 0 Å². The van der Waals surface area contributed by atoms with Gasteiger partial charge in [0.05, 0.1) is 10.0 Å². The van der Waals surface area contributed by atoms with Crippen LogP contribution in [0.2, 0.25) is 10.0 Å². The third kappa shape index (κ3) is 2.08. The molecule has 4 rings (SSSR count). The van der Waals surface area contributed by atoms with Crippen LogP contribution in [0.5, 0.6) is 0 Å². The number of hydrogen-bond donors (Lipinski definition) is 1. The van der Waals surface area contributed by atoms with Crippen LogP contribution in [0.3, 0.4) is 0 Å². The van der Waals surface area contributed by atoms with Crippen molar-refractivity contribution in [3.8, 4) is 0 Å². The molecule has 0 bridgehead atoms. The second kappa shape index (κ2) is 5.18. The monoisotopic (exact) mass is 332 g/mol. The molecule has 1 saturated heterocycles. The van der Waals surface area contributed by atoms with Crippen molar-refractivity contribution < 1.29 is 4.74 Å². The quantitative estimate of drug-likeness (QED) is 0.828. The van der Waals surface area contributed by atoms with Gasteiger partial charge in [0.1, 0.15) is 6.04 Å². The summed E-state index contributed by atoms with van der Waals surface area (Å²) in [6.45, 7) is 0.804. The summed E-state index contributed by atoms with van der Waals surface area (Å²) in [5, 5.41) is 9.17. The van der Waals surface area contributed by atoms with E-state index in [4.69, 9.17) is 33.3 Å². The molecule has 112 valence electrons. The van der Waals surface area contributed by atoms with E-state index in [0.717, 1.165) is 18.5 Å². The molecular formula is C17H14Cl2N2O. The van der Waals surface area contributed by atoms with Gasteiger partial charge in [-0.25, -0.2) is 0 Å². The Morgan fingerprint density at radius 1 is 1.09 bits per heavy atom. The molecule has 22 heavy (non-hydrogen) atoms. The minimum absolute atomic E-state index is 0.0229. The fourth-order valence-electron chi connectivity index (χ4n) is 3.34. The van der Waals surface area contributed by atoms with Crippen LogP contribution < -0.4 is 0 Å². The maximum Gasteiger partial charge on any atom is 0.285 e. The molecule has 0 spiro atoms. The highest BCUT2D eigenvalue weighted by Crippen LogP contribution is 2.46. The average molecular weight is 333 g/mol. The summed E-state index contributed by atoms with van der Waals surface area (Å²) in [7, 11) is 0. The molecule has 0 saturated carbocycles. The summed E-state index contributed by atoms with van der Waals surface area (Å²) in [6, 6.07) is 14.2. The molecule has 5 heteroatoms. The molecule has 0 aromatic heterocycles. The smallest absolute Gasteiger partial charge is 0.285 e. The van der Waals surface area contributed by atoms with Gasteiger partial charge in [-0.3, -0.25) is 5.41 Å². The molecular weight excluding hydrogens is 319 g/mol. The predicted molar refractivity (Wildman–Crippen MR) is 87.6 cm³/mol. The summed E-state index contributed by atoms with van der Waals surface area (Å²) in [6.07, 6.45) is 0.704. The fourth-order valence-corrected chi connectivity index (χ4v) is 3.65. The van der Waals surface area contributed by atoms with Gasteiger partial charge in [0.25, 0.3) is 6.02 Å². The van der Waals surface area contributed by atoms with Gasteiger partial charge in [-0.15, -0.1) is 0 Å². The van der Waals surface area contributed by atoms with Crippen molar-refractivity contribution in [2.24, 2.45) is 0 Å². The number of rotatable bonds is 1. The van der Waals surface area contributed by atoms with E-state index in [1.54, 1.807) is 6.07 Å². The molecule has 2 heterocycles. The minimum Gasteiger partial charge on any atom is -0.455 e. The van der Waals surface area contributed by atoms with Crippen molar-refractivity contribution in [3.05, 3.63) is 69.2 Å². The first kappa shape index (κ1) is 13.9. The zero-order valence-corrected chi connectivity index (χ0v) is 13.2. The standard InChI is InChI=1S/C17H14Cl2N2O/c18-13-6-5-11(9-14(13)19)16-15-12-4-2-1-3-10(12)7-8-21(15)17(20)22-16/h1-6,9,15-16,20H,7-8H2. The van der Waals surface area contributed by atoms with Gasteiger partial charge in [0, 0.05) is 6.54 Å². The zero-order valence-electron chi connectivity index (χ0n) is 11.7. The number of halogens is 2. The number of benzene rings is 2. The van der Waals surface area contributed by atoms with E-state index in [1.165, 1.54) is 11.1 Å². The van der Waals surface area contributed by atoms with Gasteiger partial charge in [-0.1, -0.05) is 53.5 Å². The van der Waals surface area contributed by atoms with Gasteiger partial charge in [-0.05, 0) is 35.2 Å². The Morgan fingerprint density at radius 3 is 2.73 bits per heavy atom. The van der Waals surface area contributed by atoms with Crippen LogP contribution in [0.1, 0.15) is 28.8 Å². The molecule has 0 amide bonds. The predicted octanol–water partition coefficient (Wildman–Crippen LogP) is 4.60. The molecule has 3 nitrogen and oxygen atoms in total. The van der Waals surface area contributed by atoms with Crippen LogP contribution in [-0.2, 0) is 11.2 Å². The molecule has 1 fully saturated rings. The number of nitrogens with one attached hydrogen (secondary N) is 1. The van der Waals surface area contributed by atoms with Crippen LogP contribution in [0.4, 0.5) is 0 Å². The van der Waals surface area contributed by atoms with Crippen LogP contribution >= 0.6 is 23.2 Å². The summed E-state index contributed by atoms with van der Waals surface area (Å²) < 4.78 is 5.85. The largest absolute Gasteiger partial charge is 0.455 e. The third-order valence-corrected chi connectivity index (χ3v) is 5.13. The summed E-state index contributed by atoms with van der Waals surface area (Å²) >= 11 is 12.2. The minimum atomic E-state index is -0.233. The van der Waals surface area contributed by atoms with Crippen molar-refractivity contribution in [1.82, 2.24) is 4.90 Å². The van der Waals surface area contributed by atoms with E-state index in [9.17, 15) is 0 Å². The van der Waals surface area contributed by atoms with Crippen molar-refractivity contribution >= 4 is 29.2 Å². The van der Waals surface area contributed by atoms with Crippen LogP contribution in [-0.4, -0.2) is 17.5 Å². The summed E-state index contributed by atoms with van der Waals surface area (Å²) in [5.74, 6) is 0. The highest BCUT2D eigenvalue weighted by molar-refractivity contribution is 6.42. The van der Waals surface area contributed by atoms with Gasteiger partial charge in [0.15, 0.2) is 6.10 Å². The molecule has 2 unspecified atom stereocenters. The van der Waals surface area contributed by atoms with Crippen molar-refractivity contribution in [2.45, 2.75) is 18.6 Å². The van der Waals surface area contributed by atoms with E-state index in [0.29, 0.717) is 10.0 Å². The lowest BCUT2D eigenvalue weighted by Crippen LogP contribution is -2.34. The molecule has 2 aromatic carbocycles. The van der Waals surface area contributed by atoms with Crippen LogP contribution in [0.25, 0.3) is 0 Å². The van der Waals surface area contributed by atoms with Crippen LogP contribution in [0, 0.1) is 5.41 Å². The number of hydrogen-bond acceptors (Lipinski definition) is 2. The fraction of sp³-hybridized carbons (Fsp3) is 0.235. The number of amidine groups is 1. The first-order chi connectivity index (χ1) is 10.6. The molecule has 1 N–H and O–H groups in total. The number of nitrogens with zero attached hydrogens (tertiary/aromatic N) is 1. The van der Waals surface area contributed by atoms with E-state index in [-0.39, 0.29) is 18.2 Å². The number of fused-ring (bicyclic) bond motifs is 3. The highest BCUT2D eigenvalue weighted by atomic mass is 35.5. The average Bonchev–Trinajstić information content (AvgIpc) is 2.88. The lowest BCUT2D eigenvalue weighted by atomic mass is 9.88. The third-order valence-electron chi connectivity index (χ3n) is 4.39. The summed E-state index contributed by atoms with van der Waals surface area (Å²) in [4.78, 5) is 2.02. The van der Waals surface area contributed by atoms with Crippen molar-refractivity contribution in [3.63, 3.8) is 0 Å². The first-order valence-electron chi connectivity index (χ1n) is 7.20. The Morgan fingerprint density at radius 2 is 1.91 bits per heavy atom. The van der Waals surface area contributed by atoms with Crippen molar-refractivity contribution in [1.29, 1.82) is 5.41 Å². The molecule has 2 atom stereocenters. The SMILES string of the molecule is N=C1OC(c2ccc(Cl)c(Cl)c2)C2c3ccccc3CCN12. The summed E-state index contributed by atoms with van der Waals surface area (Å²) in [5.41, 5.74) is 3.50. The second-order valence-corrected chi connectivity index (χ2v) is 6.42. The van der Waals surface area contributed by atoms with E-state index >= 15 is 0 Å². The zero-order chi connectivity index (χ0) is 15.3. The molecule has 2 aliphatic heterocycles. The van der Waals surface area contributed by atoms with E-state index in [1.807, 2.05) is 23.1 Å². The Bertz CT molecular complexity index is 762. The Hall–Kier alpha value is -1.71. The molecule has 0 aliphatic carbocycles. The topological polar surface area (TPSA) is 36.3 Å². The first-order valence-corrected chi connectivity index (χ1v) is 7.95. The molecule has 2 aliphatic rings. The Labute approximate surface area is 138 Å². The van der Waals surface area contributed by atoms with Gasteiger partial charge in [-0.2, -0.15) is 0 Å². The lowest BCUT2D eigenvalue weighted by Gasteiger charge is -2.32. The highest BCUT2D eigenvalue weighted by Gasteiger charge is 2.44. The van der Waals surface area contributed by atoms with Gasteiger partial charge in [0.2, 0.25) is 0 Å². The van der Waals surface area contributed by atoms with E-state index in [2.05, 4.69) is 18.2 Å². The molecule has 2 aromatic rings. The number of ether oxygens (including phenoxy) is 1. The maximum absolute atomic E-state index is 8.14. The Balaban J connectivity index is 1.81. The van der Waals surface area contributed by atoms with Crippen molar-refractivity contribution in [2.75, 3.05) is 6.54 Å². The van der Waals surface area contributed by atoms with E-state index < -0.39 is 0 Å². The van der Waals surface area contributed by atoms with Crippen LogP contribution in [0.15, 0.2) is 42.5 Å². The molecule has 0 radical (unpaired) electrons. The normalized spacial score (nSPS) is 23.0. The Kier molecular flexibility index (Phi) is 3.28. The maximum atomic E-state index is 8.14. The lowest BCUT2D eigenvalue weighted by molar-refractivity contribution is 0.186.